The molecule has 4 nitrogen and oxygen atoms in total. The number of halogens is 4. The first-order valence-corrected chi connectivity index (χ1v) is 7.71. The maximum Gasteiger partial charge on any atom is 0.417 e. The molecule has 1 aromatic carbocycles. The van der Waals surface area contributed by atoms with Crippen LogP contribution in [-0.4, -0.2) is 44.7 Å². The van der Waals surface area contributed by atoms with E-state index in [0.717, 1.165) is 15.4 Å². The predicted molar refractivity (Wildman–Crippen MR) is 79.2 cm³/mol. The van der Waals surface area contributed by atoms with Gasteiger partial charge < -0.3 is 5.11 Å². The number of hydrogen-bond donors (Lipinski definition) is 1. The Labute approximate surface area is 133 Å². The SMILES string of the molecule is OC1(C(F)(F)F)CCN(Cn2ncc3c(Br)cccc32)CC1. The fourth-order valence-electron chi connectivity index (χ4n) is 2.72. The van der Waals surface area contributed by atoms with E-state index in [-0.39, 0.29) is 25.9 Å². The molecule has 8 heteroatoms. The third-order valence-corrected chi connectivity index (χ3v) is 4.87. The molecule has 2 aromatic rings. The minimum absolute atomic E-state index is 0.186. The molecule has 1 aliphatic rings. The smallest absolute Gasteiger partial charge is 0.380 e. The number of piperidine rings is 1. The van der Waals surface area contributed by atoms with Crippen LogP contribution in [0.4, 0.5) is 13.2 Å². The van der Waals surface area contributed by atoms with E-state index in [4.69, 9.17) is 0 Å². The Morgan fingerprint density at radius 2 is 1.95 bits per heavy atom. The number of benzene rings is 1. The summed E-state index contributed by atoms with van der Waals surface area (Å²) in [6.45, 7) is 0.782. The van der Waals surface area contributed by atoms with E-state index in [1.54, 1.807) is 10.9 Å². The topological polar surface area (TPSA) is 41.3 Å². The molecule has 0 spiro atoms. The Balaban J connectivity index is 1.72. The zero-order valence-electron chi connectivity index (χ0n) is 11.6. The van der Waals surface area contributed by atoms with Crippen molar-refractivity contribution in [1.82, 2.24) is 14.7 Å². The van der Waals surface area contributed by atoms with E-state index >= 15 is 0 Å². The van der Waals surface area contributed by atoms with Crippen molar-refractivity contribution in [3.63, 3.8) is 0 Å². The lowest BCUT2D eigenvalue weighted by Crippen LogP contribution is -2.53. The first-order valence-electron chi connectivity index (χ1n) is 6.92. The van der Waals surface area contributed by atoms with Crippen LogP contribution in [0.3, 0.4) is 0 Å². The predicted octanol–water partition coefficient (Wildman–Crippen LogP) is 3.15. The minimum Gasteiger partial charge on any atom is -0.380 e. The molecule has 1 N–H and O–H groups in total. The minimum atomic E-state index is -4.57. The molecule has 0 aliphatic carbocycles. The number of likely N-dealkylation sites (tertiary alicyclic amines) is 1. The highest BCUT2D eigenvalue weighted by molar-refractivity contribution is 9.10. The third-order valence-electron chi connectivity index (χ3n) is 4.18. The summed E-state index contributed by atoms with van der Waals surface area (Å²) in [4.78, 5) is 1.87. The second-order valence-electron chi connectivity index (χ2n) is 5.61. The van der Waals surface area contributed by atoms with Crippen molar-refractivity contribution in [2.75, 3.05) is 13.1 Å². The number of fused-ring (bicyclic) bond motifs is 1. The zero-order chi connectivity index (χ0) is 16.0. The van der Waals surface area contributed by atoms with E-state index in [9.17, 15) is 18.3 Å². The average molecular weight is 378 g/mol. The first-order chi connectivity index (χ1) is 10.3. The Morgan fingerprint density at radius 3 is 2.59 bits per heavy atom. The van der Waals surface area contributed by atoms with Gasteiger partial charge >= 0.3 is 6.18 Å². The molecule has 2 heterocycles. The molecule has 3 rings (SSSR count). The van der Waals surface area contributed by atoms with Gasteiger partial charge in [0.15, 0.2) is 5.60 Å². The summed E-state index contributed by atoms with van der Waals surface area (Å²) in [5.74, 6) is 0. The summed E-state index contributed by atoms with van der Waals surface area (Å²) in [6.07, 6.45) is -3.45. The van der Waals surface area contributed by atoms with Gasteiger partial charge in [0.05, 0.1) is 18.4 Å². The Bertz CT molecular complexity index is 678. The van der Waals surface area contributed by atoms with E-state index in [1.165, 1.54) is 0 Å². The molecule has 1 aliphatic heterocycles. The molecule has 1 saturated heterocycles. The van der Waals surface area contributed by atoms with Crippen molar-refractivity contribution < 1.29 is 18.3 Å². The van der Waals surface area contributed by atoms with Gasteiger partial charge in [0, 0.05) is 22.9 Å². The standard InChI is InChI=1S/C14H15BrF3N3O/c15-11-2-1-3-12-10(11)8-19-21(12)9-20-6-4-13(22,5-7-20)14(16,17)18/h1-3,8,22H,4-7,9H2. The first kappa shape index (κ1) is 15.8. The summed E-state index contributed by atoms with van der Waals surface area (Å²) < 4.78 is 41.1. The van der Waals surface area contributed by atoms with Crippen molar-refractivity contribution in [3.8, 4) is 0 Å². The maximum atomic E-state index is 12.8. The van der Waals surface area contributed by atoms with Crippen LogP contribution in [0, 0.1) is 0 Å². The number of aromatic nitrogens is 2. The fraction of sp³-hybridized carbons (Fsp3) is 0.500. The van der Waals surface area contributed by atoms with Crippen molar-refractivity contribution in [2.45, 2.75) is 31.3 Å². The molecule has 0 unspecified atom stereocenters. The molecule has 0 radical (unpaired) electrons. The number of aliphatic hydroxyl groups is 1. The van der Waals surface area contributed by atoms with Crippen LogP contribution in [0.1, 0.15) is 12.8 Å². The van der Waals surface area contributed by atoms with Gasteiger partial charge in [-0.15, -0.1) is 0 Å². The molecule has 0 bridgehead atoms. The summed E-state index contributed by atoms with van der Waals surface area (Å²) >= 11 is 3.45. The molecule has 0 amide bonds. The monoisotopic (exact) mass is 377 g/mol. The number of nitrogens with zero attached hydrogens (tertiary/aromatic N) is 3. The maximum absolute atomic E-state index is 12.8. The van der Waals surface area contributed by atoms with E-state index in [2.05, 4.69) is 21.0 Å². The number of rotatable bonds is 2. The molecule has 22 heavy (non-hydrogen) atoms. The number of hydrogen-bond acceptors (Lipinski definition) is 3. The van der Waals surface area contributed by atoms with E-state index in [1.807, 2.05) is 23.1 Å². The van der Waals surface area contributed by atoms with Gasteiger partial charge in [-0.1, -0.05) is 22.0 Å². The van der Waals surface area contributed by atoms with Crippen LogP contribution in [0.5, 0.6) is 0 Å². The van der Waals surface area contributed by atoms with Crippen molar-refractivity contribution in [1.29, 1.82) is 0 Å². The fourth-order valence-corrected chi connectivity index (χ4v) is 3.18. The van der Waals surface area contributed by atoms with Crippen LogP contribution in [0.2, 0.25) is 0 Å². The molecule has 120 valence electrons. The number of alkyl halides is 3. The van der Waals surface area contributed by atoms with Gasteiger partial charge in [0.25, 0.3) is 0 Å². The summed E-state index contributed by atoms with van der Waals surface area (Å²) in [6, 6.07) is 5.73. The highest BCUT2D eigenvalue weighted by atomic mass is 79.9. The Morgan fingerprint density at radius 1 is 1.27 bits per heavy atom. The summed E-state index contributed by atoms with van der Waals surface area (Å²) in [5, 5.41) is 14.9. The molecule has 0 saturated carbocycles. The van der Waals surface area contributed by atoms with Gasteiger partial charge in [-0.2, -0.15) is 18.3 Å². The largest absolute Gasteiger partial charge is 0.417 e. The second kappa shape index (κ2) is 5.50. The second-order valence-corrected chi connectivity index (χ2v) is 6.46. The van der Waals surface area contributed by atoms with E-state index in [0.29, 0.717) is 6.67 Å². The lowest BCUT2D eigenvalue weighted by atomic mass is 9.91. The summed E-state index contributed by atoms with van der Waals surface area (Å²) in [7, 11) is 0. The van der Waals surface area contributed by atoms with Crippen molar-refractivity contribution in [2.24, 2.45) is 0 Å². The molecule has 1 aromatic heterocycles. The third kappa shape index (κ3) is 2.75. The van der Waals surface area contributed by atoms with Crippen molar-refractivity contribution in [3.05, 3.63) is 28.9 Å². The lowest BCUT2D eigenvalue weighted by Gasteiger charge is -2.39. The van der Waals surface area contributed by atoms with Gasteiger partial charge in [-0.05, 0) is 25.0 Å². The summed E-state index contributed by atoms with van der Waals surface area (Å²) in [5.41, 5.74) is -1.63. The Hall–Kier alpha value is -1.12. The van der Waals surface area contributed by atoms with Crippen molar-refractivity contribution >= 4 is 26.8 Å². The average Bonchev–Trinajstić information content (AvgIpc) is 2.85. The highest BCUT2D eigenvalue weighted by Gasteiger charge is 2.54. The molecule has 0 atom stereocenters. The van der Waals surface area contributed by atoms with Crippen LogP contribution < -0.4 is 0 Å². The Kier molecular flexibility index (Phi) is 3.94. The van der Waals surface area contributed by atoms with E-state index < -0.39 is 11.8 Å². The highest BCUT2D eigenvalue weighted by Crippen LogP contribution is 2.38. The van der Waals surface area contributed by atoms with Gasteiger partial charge in [0.1, 0.15) is 0 Å². The lowest BCUT2D eigenvalue weighted by molar-refractivity contribution is -0.273. The molecular formula is C14H15BrF3N3O. The zero-order valence-corrected chi connectivity index (χ0v) is 13.2. The quantitative estimate of drug-likeness (QED) is 0.873. The van der Waals surface area contributed by atoms with Crippen LogP contribution in [-0.2, 0) is 6.67 Å². The van der Waals surface area contributed by atoms with Crippen LogP contribution >= 0.6 is 15.9 Å². The van der Waals surface area contributed by atoms with Gasteiger partial charge in [-0.25, -0.2) is 0 Å². The normalized spacial score (nSPS) is 19.7. The van der Waals surface area contributed by atoms with Gasteiger partial charge in [-0.3, -0.25) is 9.58 Å². The van der Waals surface area contributed by atoms with Crippen LogP contribution in [0.15, 0.2) is 28.9 Å². The molecule has 1 fully saturated rings. The molecular weight excluding hydrogens is 363 g/mol. The van der Waals surface area contributed by atoms with Crippen LogP contribution in [0.25, 0.3) is 10.9 Å². The van der Waals surface area contributed by atoms with Gasteiger partial charge in [0.2, 0.25) is 0 Å².